The van der Waals surface area contributed by atoms with E-state index in [4.69, 9.17) is 4.42 Å². The number of likely N-dealkylation sites (tertiary alicyclic amines) is 1. The van der Waals surface area contributed by atoms with Crippen molar-refractivity contribution in [3.8, 4) is 0 Å². The highest BCUT2D eigenvalue weighted by molar-refractivity contribution is 6.08. The number of para-hydroxylation sites is 1. The van der Waals surface area contributed by atoms with Crippen LogP contribution < -0.4 is 10.6 Å². The van der Waals surface area contributed by atoms with Crippen LogP contribution in [-0.2, 0) is 4.79 Å². The van der Waals surface area contributed by atoms with Crippen molar-refractivity contribution in [3.05, 3.63) is 54.0 Å². The highest BCUT2D eigenvalue weighted by Gasteiger charge is 2.26. The Labute approximate surface area is 170 Å². The van der Waals surface area contributed by atoms with Crippen molar-refractivity contribution in [2.75, 3.05) is 18.4 Å². The summed E-state index contributed by atoms with van der Waals surface area (Å²) in [6.45, 7) is 3.35. The van der Waals surface area contributed by atoms with Gasteiger partial charge in [-0.3, -0.25) is 14.4 Å². The van der Waals surface area contributed by atoms with Crippen LogP contribution in [0.1, 0.15) is 59.9 Å². The van der Waals surface area contributed by atoms with Crippen molar-refractivity contribution in [1.29, 1.82) is 0 Å². The van der Waals surface area contributed by atoms with Gasteiger partial charge < -0.3 is 20.0 Å². The molecule has 3 rings (SSSR count). The molecule has 1 aromatic heterocycles. The van der Waals surface area contributed by atoms with E-state index in [1.54, 1.807) is 36.4 Å². The first kappa shape index (κ1) is 20.6. The van der Waals surface area contributed by atoms with Crippen LogP contribution >= 0.6 is 0 Å². The highest BCUT2D eigenvalue weighted by Crippen LogP contribution is 2.18. The number of nitrogens with one attached hydrogen (secondary N) is 2. The number of furan rings is 1. The third kappa shape index (κ3) is 5.25. The maximum Gasteiger partial charge on any atom is 0.291 e. The second kappa shape index (κ2) is 9.91. The summed E-state index contributed by atoms with van der Waals surface area (Å²) in [6, 6.07) is 9.29. The number of hydrogen-bond donors (Lipinski definition) is 2. The predicted octanol–water partition coefficient (Wildman–Crippen LogP) is 3.44. The standard InChI is InChI=1S/C22H27N3O4/c1-2-17(22(28)25-13-7-3-4-8-14-25)23-20(26)16-10-5-6-11-18(16)24-21(27)19-12-9-15-29-19/h5-6,9-12,15,17H,2-4,7-8,13-14H2,1H3,(H,23,26)(H,24,27)/t17-/m0/s1. The van der Waals surface area contributed by atoms with Gasteiger partial charge in [0.05, 0.1) is 17.5 Å². The van der Waals surface area contributed by atoms with E-state index in [-0.39, 0.29) is 11.7 Å². The van der Waals surface area contributed by atoms with Crippen molar-refractivity contribution in [2.24, 2.45) is 0 Å². The van der Waals surface area contributed by atoms with Gasteiger partial charge in [-0.2, -0.15) is 0 Å². The molecule has 1 aliphatic rings. The number of nitrogens with zero attached hydrogens (tertiary/aromatic N) is 1. The minimum absolute atomic E-state index is 0.0418. The number of anilines is 1. The Morgan fingerprint density at radius 2 is 1.72 bits per heavy atom. The molecule has 29 heavy (non-hydrogen) atoms. The average Bonchev–Trinajstić information content (AvgIpc) is 3.14. The van der Waals surface area contributed by atoms with Crippen LogP contribution in [-0.4, -0.2) is 41.8 Å². The molecule has 1 saturated heterocycles. The molecule has 7 nitrogen and oxygen atoms in total. The van der Waals surface area contributed by atoms with Crippen molar-refractivity contribution >= 4 is 23.4 Å². The van der Waals surface area contributed by atoms with Crippen molar-refractivity contribution in [3.63, 3.8) is 0 Å². The molecule has 0 unspecified atom stereocenters. The minimum atomic E-state index is -0.588. The molecule has 0 spiro atoms. The fourth-order valence-electron chi connectivity index (χ4n) is 3.47. The normalized spacial score (nSPS) is 15.3. The molecule has 154 valence electrons. The van der Waals surface area contributed by atoms with Gasteiger partial charge in [0, 0.05) is 13.1 Å². The third-order valence-electron chi connectivity index (χ3n) is 5.09. The zero-order chi connectivity index (χ0) is 20.6. The fourth-order valence-corrected chi connectivity index (χ4v) is 3.47. The van der Waals surface area contributed by atoms with E-state index in [9.17, 15) is 14.4 Å². The second-order valence-electron chi connectivity index (χ2n) is 7.15. The number of carbonyl (C=O) groups is 3. The number of rotatable bonds is 6. The van der Waals surface area contributed by atoms with Crippen LogP contribution in [0.15, 0.2) is 47.1 Å². The molecule has 0 saturated carbocycles. The zero-order valence-corrected chi connectivity index (χ0v) is 16.6. The molecule has 0 aliphatic carbocycles. The summed E-state index contributed by atoms with van der Waals surface area (Å²) < 4.78 is 5.10. The number of hydrogen-bond acceptors (Lipinski definition) is 4. The Kier molecular flexibility index (Phi) is 7.05. The van der Waals surface area contributed by atoms with Crippen LogP contribution in [0.25, 0.3) is 0 Å². The van der Waals surface area contributed by atoms with Gasteiger partial charge in [-0.1, -0.05) is 31.9 Å². The molecule has 7 heteroatoms. The minimum Gasteiger partial charge on any atom is -0.459 e. The van der Waals surface area contributed by atoms with E-state index >= 15 is 0 Å². The monoisotopic (exact) mass is 397 g/mol. The van der Waals surface area contributed by atoms with E-state index < -0.39 is 17.9 Å². The van der Waals surface area contributed by atoms with Gasteiger partial charge in [0.15, 0.2) is 5.76 Å². The summed E-state index contributed by atoms with van der Waals surface area (Å²) in [5, 5.41) is 5.54. The number of amides is 3. The fraction of sp³-hybridized carbons (Fsp3) is 0.409. The van der Waals surface area contributed by atoms with Gasteiger partial charge in [0.1, 0.15) is 6.04 Å². The van der Waals surface area contributed by atoms with Gasteiger partial charge in [-0.25, -0.2) is 0 Å². The van der Waals surface area contributed by atoms with Crippen molar-refractivity contribution in [2.45, 2.75) is 45.1 Å². The molecule has 1 aliphatic heterocycles. The molecular weight excluding hydrogens is 370 g/mol. The lowest BCUT2D eigenvalue weighted by Crippen LogP contribution is -2.48. The molecular formula is C22H27N3O4. The summed E-state index contributed by atoms with van der Waals surface area (Å²) in [7, 11) is 0. The van der Waals surface area contributed by atoms with Crippen molar-refractivity contribution < 1.29 is 18.8 Å². The number of benzene rings is 1. The Morgan fingerprint density at radius 1 is 1.00 bits per heavy atom. The predicted molar refractivity (Wildman–Crippen MR) is 110 cm³/mol. The Balaban J connectivity index is 1.70. The highest BCUT2D eigenvalue weighted by atomic mass is 16.3. The SMILES string of the molecule is CC[C@H](NC(=O)c1ccccc1NC(=O)c1ccco1)C(=O)N1CCCCCC1. The Morgan fingerprint density at radius 3 is 2.38 bits per heavy atom. The zero-order valence-electron chi connectivity index (χ0n) is 16.6. The summed E-state index contributed by atoms with van der Waals surface area (Å²) in [5.74, 6) is -0.721. The van der Waals surface area contributed by atoms with Gasteiger partial charge >= 0.3 is 0 Å². The quantitative estimate of drug-likeness (QED) is 0.781. The lowest BCUT2D eigenvalue weighted by Gasteiger charge is -2.26. The maximum absolute atomic E-state index is 12.9. The largest absolute Gasteiger partial charge is 0.459 e. The first-order valence-corrected chi connectivity index (χ1v) is 10.1. The van der Waals surface area contributed by atoms with E-state index in [0.29, 0.717) is 17.7 Å². The molecule has 3 amide bonds. The van der Waals surface area contributed by atoms with E-state index in [2.05, 4.69) is 10.6 Å². The summed E-state index contributed by atoms with van der Waals surface area (Å²) in [5.41, 5.74) is 0.665. The first-order valence-electron chi connectivity index (χ1n) is 10.1. The van der Waals surface area contributed by atoms with Gasteiger partial charge in [0.2, 0.25) is 5.91 Å². The van der Waals surface area contributed by atoms with E-state index in [1.165, 1.54) is 6.26 Å². The van der Waals surface area contributed by atoms with Crippen molar-refractivity contribution in [1.82, 2.24) is 10.2 Å². The molecule has 1 atom stereocenters. The first-order chi connectivity index (χ1) is 14.1. The molecule has 2 aromatic rings. The summed E-state index contributed by atoms with van der Waals surface area (Å²) >= 11 is 0. The lowest BCUT2D eigenvalue weighted by atomic mass is 10.1. The van der Waals surface area contributed by atoms with Crippen LogP contribution in [0.2, 0.25) is 0 Å². The average molecular weight is 397 g/mol. The molecule has 0 radical (unpaired) electrons. The van der Waals surface area contributed by atoms with E-state index in [1.807, 2.05) is 11.8 Å². The topological polar surface area (TPSA) is 91.6 Å². The van der Waals surface area contributed by atoms with Crippen LogP contribution in [0.5, 0.6) is 0 Å². The maximum atomic E-state index is 12.9. The van der Waals surface area contributed by atoms with Gasteiger partial charge in [-0.15, -0.1) is 0 Å². The second-order valence-corrected chi connectivity index (χ2v) is 7.15. The lowest BCUT2D eigenvalue weighted by molar-refractivity contribution is -0.133. The van der Waals surface area contributed by atoms with E-state index in [0.717, 1.165) is 38.8 Å². The molecule has 0 bridgehead atoms. The number of carbonyl (C=O) groups excluding carboxylic acids is 3. The van der Waals surface area contributed by atoms with Gasteiger partial charge in [-0.05, 0) is 43.5 Å². The smallest absolute Gasteiger partial charge is 0.291 e. The Hall–Kier alpha value is -3.09. The van der Waals surface area contributed by atoms with Crippen LogP contribution in [0, 0.1) is 0 Å². The van der Waals surface area contributed by atoms with Gasteiger partial charge in [0.25, 0.3) is 11.8 Å². The summed E-state index contributed by atoms with van der Waals surface area (Å²) in [6.07, 6.45) is 6.18. The van der Waals surface area contributed by atoms with Crippen LogP contribution in [0.4, 0.5) is 5.69 Å². The third-order valence-corrected chi connectivity index (χ3v) is 5.09. The summed E-state index contributed by atoms with van der Waals surface area (Å²) in [4.78, 5) is 39.9. The Bertz CT molecular complexity index is 840. The molecule has 1 aromatic carbocycles. The molecule has 2 N–H and O–H groups in total. The molecule has 2 heterocycles. The van der Waals surface area contributed by atoms with Crippen LogP contribution in [0.3, 0.4) is 0 Å². The molecule has 1 fully saturated rings.